The number of benzene rings is 2. The van der Waals surface area contributed by atoms with Gasteiger partial charge >= 0.3 is 5.97 Å². The van der Waals surface area contributed by atoms with Gasteiger partial charge in [-0.3, -0.25) is 4.99 Å². The Bertz CT molecular complexity index is 1100. The first-order valence-corrected chi connectivity index (χ1v) is 10.3. The summed E-state index contributed by atoms with van der Waals surface area (Å²) in [6.07, 6.45) is 3.63. The van der Waals surface area contributed by atoms with Crippen molar-refractivity contribution in [2.45, 2.75) is 19.3 Å². The third-order valence-electron chi connectivity index (χ3n) is 5.53. The van der Waals surface area contributed by atoms with Gasteiger partial charge in [0.1, 0.15) is 5.75 Å². The van der Waals surface area contributed by atoms with Gasteiger partial charge in [-0.15, -0.1) is 0 Å². The number of carbonyl (C=O) groups is 1. The summed E-state index contributed by atoms with van der Waals surface area (Å²) in [5, 5.41) is 21.7. The van der Waals surface area contributed by atoms with Crippen molar-refractivity contribution in [1.29, 1.82) is 5.26 Å². The second-order valence-electron chi connectivity index (χ2n) is 7.50. The van der Waals surface area contributed by atoms with Crippen molar-refractivity contribution in [3.63, 3.8) is 0 Å². The van der Waals surface area contributed by atoms with Gasteiger partial charge in [-0.25, -0.2) is 4.79 Å². The summed E-state index contributed by atoms with van der Waals surface area (Å²) in [7, 11) is 1.97. The normalized spacial score (nSPS) is 15.7. The van der Waals surface area contributed by atoms with Crippen molar-refractivity contribution in [2.24, 2.45) is 4.99 Å². The molecule has 1 aliphatic heterocycles. The molecule has 0 bridgehead atoms. The minimum Gasteiger partial charge on any atom is -0.493 e. The predicted molar refractivity (Wildman–Crippen MR) is 126 cm³/mol. The van der Waals surface area contributed by atoms with Crippen molar-refractivity contribution in [2.75, 3.05) is 25.1 Å². The predicted octanol–water partition coefficient (Wildman–Crippen LogP) is 4.35. The zero-order chi connectivity index (χ0) is 23.1. The molecule has 0 saturated carbocycles. The number of aliphatic carboxylic acids is 1. The summed E-state index contributed by atoms with van der Waals surface area (Å²) < 4.78 is 5.93. The monoisotopic (exact) mass is 430 g/mol. The third kappa shape index (κ3) is 5.16. The Morgan fingerprint density at radius 1 is 1.34 bits per heavy atom. The van der Waals surface area contributed by atoms with E-state index < -0.39 is 5.97 Å². The molecule has 2 aromatic rings. The number of nitrogens with one attached hydrogen (secondary N) is 1. The van der Waals surface area contributed by atoms with E-state index in [9.17, 15) is 9.90 Å². The molecule has 0 saturated heterocycles. The van der Waals surface area contributed by atoms with Crippen molar-refractivity contribution in [3.05, 3.63) is 77.1 Å². The molecule has 0 aliphatic carbocycles. The van der Waals surface area contributed by atoms with Crippen molar-refractivity contribution < 1.29 is 14.6 Å². The van der Waals surface area contributed by atoms with Crippen LogP contribution in [0.25, 0.3) is 0 Å². The Morgan fingerprint density at radius 3 is 2.72 bits per heavy atom. The number of hydrogen-bond donors (Lipinski definition) is 2. The first-order chi connectivity index (χ1) is 15.4. The van der Waals surface area contributed by atoms with Gasteiger partial charge in [-0.2, -0.15) is 5.26 Å². The lowest BCUT2D eigenvalue weighted by molar-refractivity contribution is -0.132. The third-order valence-corrected chi connectivity index (χ3v) is 5.53. The molecule has 0 radical (unpaired) electrons. The maximum atomic E-state index is 11.5. The van der Waals surface area contributed by atoms with Gasteiger partial charge in [0.2, 0.25) is 0 Å². The molecule has 1 aliphatic rings. The lowest BCUT2D eigenvalue weighted by Crippen LogP contribution is -2.26. The summed E-state index contributed by atoms with van der Waals surface area (Å²) in [4.78, 5) is 17.1. The van der Waals surface area contributed by atoms with Crippen LogP contribution < -0.4 is 15.0 Å². The van der Waals surface area contributed by atoms with E-state index in [0.29, 0.717) is 24.4 Å². The van der Waals surface area contributed by atoms with Gasteiger partial charge in [0.05, 0.1) is 23.8 Å². The number of allylic oxidation sites excluding steroid dienone is 1. The molecule has 7 nitrogen and oxygen atoms in total. The van der Waals surface area contributed by atoms with Crippen LogP contribution in [0.3, 0.4) is 0 Å². The number of aliphatic imine (C=N–C) groups is 1. The Hall–Kier alpha value is -4.05. The number of ether oxygens (including phenoxy) is 1. The van der Waals surface area contributed by atoms with E-state index in [-0.39, 0.29) is 11.5 Å². The van der Waals surface area contributed by atoms with Crippen LogP contribution in [0.5, 0.6) is 5.75 Å². The molecular weight excluding hydrogens is 404 g/mol. The van der Waals surface area contributed by atoms with Crippen molar-refractivity contribution in [1.82, 2.24) is 5.32 Å². The number of nitriles is 1. The van der Waals surface area contributed by atoms with Crippen LogP contribution >= 0.6 is 0 Å². The van der Waals surface area contributed by atoms with E-state index in [1.807, 2.05) is 36.2 Å². The van der Waals surface area contributed by atoms with Gasteiger partial charge in [0.25, 0.3) is 0 Å². The quantitative estimate of drug-likeness (QED) is 0.367. The highest BCUT2D eigenvalue weighted by atomic mass is 16.5. The SMILES string of the molecule is C=N/C=C\C(C(=O)O)=C(/C)NC[C@@H]1CCOc2cc(N(C)c3ccc(C#N)cc3)ccc21. The van der Waals surface area contributed by atoms with Crippen LogP contribution in [0.2, 0.25) is 0 Å². The molecule has 2 aromatic carbocycles. The lowest BCUT2D eigenvalue weighted by atomic mass is 9.92. The second kappa shape index (κ2) is 10.3. The number of carboxylic acids is 1. The average Bonchev–Trinajstić information content (AvgIpc) is 2.81. The minimum absolute atomic E-state index is 0.157. The number of hydrogen-bond acceptors (Lipinski definition) is 6. The molecule has 1 atom stereocenters. The summed E-state index contributed by atoms with van der Waals surface area (Å²) in [6.45, 7) is 6.27. The van der Waals surface area contributed by atoms with Gasteiger partial charge in [0, 0.05) is 48.8 Å². The number of carboxylic acid groups (broad SMARTS) is 1. The van der Waals surface area contributed by atoms with Crippen LogP contribution in [0.1, 0.15) is 30.4 Å². The average molecular weight is 431 g/mol. The van der Waals surface area contributed by atoms with Crippen LogP contribution in [-0.2, 0) is 4.79 Å². The standard InChI is InChI=1S/C25H26N4O3/c1-17(22(25(30)31)10-12-27-2)28-16-19-11-13-32-24-14-21(8-9-23(19)24)29(3)20-6-4-18(15-26)5-7-20/h4-10,12,14,19,28H,2,11,13,16H2,1,3H3,(H,30,31)/b12-10-,22-17-/t19-/m0/s1. The first-order valence-electron chi connectivity index (χ1n) is 10.3. The smallest absolute Gasteiger partial charge is 0.337 e. The van der Waals surface area contributed by atoms with Crippen LogP contribution in [0, 0.1) is 11.3 Å². The number of fused-ring (bicyclic) bond motifs is 1. The Balaban J connectivity index is 1.77. The molecule has 2 N–H and O–H groups in total. The molecule has 0 amide bonds. The molecule has 0 fully saturated rings. The van der Waals surface area contributed by atoms with Crippen LogP contribution in [0.4, 0.5) is 11.4 Å². The maximum Gasteiger partial charge on any atom is 0.337 e. The van der Waals surface area contributed by atoms with Crippen LogP contribution in [-0.4, -0.2) is 38.0 Å². The Morgan fingerprint density at radius 2 is 2.06 bits per heavy atom. The lowest BCUT2D eigenvalue weighted by Gasteiger charge is -2.29. The highest BCUT2D eigenvalue weighted by Crippen LogP contribution is 2.37. The fourth-order valence-corrected chi connectivity index (χ4v) is 3.64. The van der Waals surface area contributed by atoms with E-state index in [1.165, 1.54) is 12.3 Å². The molecule has 7 heteroatoms. The summed E-state index contributed by atoms with van der Waals surface area (Å²) in [5.41, 5.74) is 4.40. The molecule has 32 heavy (non-hydrogen) atoms. The number of nitrogens with zero attached hydrogens (tertiary/aromatic N) is 3. The molecule has 1 heterocycles. The summed E-state index contributed by atoms with van der Waals surface area (Å²) in [6, 6.07) is 15.7. The summed E-state index contributed by atoms with van der Waals surface area (Å²) in [5.74, 6) is 0.00849. The Kier molecular flexibility index (Phi) is 7.29. The fourth-order valence-electron chi connectivity index (χ4n) is 3.64. The van der Waals surface area contributed by atoms with Crippen molar-refractivity contribution >= 4 is 24.1 Å². The number of anilines is 2. The van der Waals surface area contributed by atoms with E-state index in [2.05, 4.69) is 29.2 Å². The largest absolute Gasteiger partial charge is 0.493 e. The molecule has 3 rings (SSSR count). The van der Waals surface area contributed by atoms with Gasteiger partial charge in [-0.1, -0.05) is 6.07 Å². The molecule has 0 aromatic heterocycles. The summed E-state index contributed by atoms with van der Waals surface area (Å²) >= 11 is 0. The number of rotatable bonds is 8. The maximum absolute atomic E-state index is 11.5. The second-order valence-corrected chi connectivity index (χ2v) is 7.50. The minimum atomic E-state index is -1.02. The topological polar surface area (TPSA) is 97.9 Å². The van der Waals surface area contributed by atoms with E-state index in [4.69, 9.17) is 10.00 Å². The molecule has 0 spiro atoms. The van der Waals surface area contributed by atoms with Gasteiger partial charge < -0.3 is 20.1 Å². The van der Waals surface area contributed by atoms with Crippen LogP contribution in [0.15, 0.2) is 71.0 Å². The van der Waals surface area contributed by atoms with Crippen molar-refractivity contribution in [3.8, 4) is 11.8 Å². The first kappa shape index (κ1) is 22.6. The highest BCUT2D eigenvalue weighted by molar-refractivity contribution is 5.90. The zero-order valence-electron chi connectivity index (χ0n) is 18.2. The molecule has 164 valence electrons. The Labute approximate surface area is 188 Å². The van der Waals surface area contributed by atoms with Gasteiger partial charge in [-0.05, 0) is 62.0 Å². The van der Waals surface area contributed by atoms with E-state index in [0.717, 1.165) is 29.1 Å². The fraction of sp³-hybridized carbons (Fsp3) is 0.240. The zero-order valence-corrected chi connectivity index (χ0v) is 18.2. The van der Waals surface area contributed by atoms with E-state index >= 15 is 0 Å². The van der Waals surface area contributed by atoms with Gasteiger partial charge in [0.15, 0.2) is 0 Å². The molecular formula is C25H26N4O3. The molecule has 0 unspecified atom stereocenters. The highest BCUT2D eigenvalue weighted by Gasteiger charge is 2.23. The van der Waals surface area contributed by atoms with E-state index in [1.54, 1.807) is 19.1 Å².